The van der Waals surface area contributed by atoms with Gasteiger partial charge in [0.2, 0.25) is 0 Å². The Balaban J connectivity index is 2.21. The maximum absolute atomic E-state index is 5.61. The molecule has 0 saturated heterocycles. The lowest BCUT2D eigenvalue weighted by molar-refractivity contribution is 0.424. The van der Waals surface area contributed by atoms with E-state index < -0.39 is 0 Å². The van der Waals surface area contributed by atoms with Crippen LogP contribution < -0.4 is 4.74 Å². The zero-order valence-corrected chi connectivity index (χ0v) is 10.2. The molecule has 0 unspecified atom stereocenters. The van der Waals surface area contributed by atoms with E-state index in [9.17, 15) is 0 Å². The van der Waals surface area contributed by atoms with Gasteiger partial charge in [-0.3, -0.25) is 0 Å². The highest BCUT2D eigenvalue weighted by Crippen LogP contribution is 2.22. The molecule has 0 fully saturated rings. The van der Waals surface area contributed by atoms with Crippen LogP contribution in [-0.2, 0) is 7.05 Å². The van der Waals surface area contributed by atoms with E-state index in [0.29, 0.717) is 6.01 Å². The molecule has 0 aliphatic rings. The fourth-order valence-electron chi connectivity index (χ4n) is 1.22. The molecule has 78 valence electrons. The Hall–Kier alpha value is -1.29. The molecule has 2 rings (SSSR count). The summed E-state index contributed by atoms with van der Waals surface area (Å²) < 4.78 is 8.20. The third kappa shape index (κ3) is 2.39. The molecular formula is C11H11BrN2O. The van der Waals surface area contributed by atoms with Gasteiger partial charge in [0, 0.05) is 13.2 Å². The zero-order chi connectivity index (χ0) is 10.8. The van der Waals surface area contributed by atoms with Crippen LogP contribution in [0.15, 0.2) is 35.1 Å². The van der Waals surface area contributed by atoms with Gasteiger partial charge in [-0.1, -0.05) is 17.7 Å². The minimum absolute atomic E-state index is 0.575. The number of hydrogen-bond acceptors (Lipinski definition) is 2. The van der Waals surface area contributed by atoms with Crippen LogP contribution in [0.25, 0.3) is 0 Å². The van der Waals surface area contributed by atoms with Crippen molar-refractivity contribution < 1.29 is 4.74 Å². The van der Waals surface area contributed by atoms with Crippen molar-refractivity contribution in [1.82, 2.24) is 9.55 Å². The highest BCUT2D eigenvalue weighted by Gasteiger charge is 2.04. The number of halogens is 1. The Bertz CT molecular complexity index is 462. The second-order valence-electron chi connectivity index (χ2n) is 3.37. The first-order valence-corrected chi connectivity index (χ1v) is 5.38. The van der Waals surface area contributed by atoms with Crippen LogP contribution in [-0.4, -0.2) is 9.55 Å². The van der Waals surface area contributed by atoms with Gasteiger partial charge in [-0.15, -0.1) is 0 Å². The lowest BCUT2D eigenvalue weighted by Gasteiger charge is -2.04. The summed E-state index contributed by atoms with van der Waals surface area (Å²) in [6.07, 6.45) is 1.85. The summed E-state index contributed by atoms with van der Waals surface area (Å²) in [5.74, 6) is 0.793. The van der Waals surface area contributed by atoms with E-state index in [4.69, 9.17) is 4.74 Å². The molecule has 1 aromatic carbocycles. The number of ether oxygens (including phenoxy) is 1. The van der Waals surface area contributed by atoms with E-state index in [1.807, 2.05) is 49.0 Å². The summed E-state index contributed by atoms with van der Waals surface area (Å²) in [5, 5.41) is 0. The number of benzene rings is 1. The molecule has 0 spiro atoms. The lowest BCUT2D eigenvalue weighted by Crippen LogP contribution is -1.93. The third-order valence-electron chi connectivity index (χ3n) is 2.03. The van der Waals surface area contributed by atoms with Crippen LogP contribution in [0.4, 0.5) is 0 Å². The Kier molecular flexibility index (Phi) is 2.77. The average Bonchev–Trinajstić information content (AvgIpc) is 2.49. The van der Waals surface area contributed by atoms with Gasteiger partial charge in [0.15, 0.2) is 0 Å². The lowest BCUT2D eigenvalue weighted by atomic mass is 10.2. The molecule has 0 radical (unpaired) electrons. The van der Waals surface area contributed by atoms with E-state index >= 15 is 0 Å². The number of hydrogen-bond donors (Lipinski definition) is 0. The van der Waals surface area contributed by atoms with Crippen molar-refractivity contribution in [3.8, 4) is 11.8 Å². The van der Waals surface area contributed by atoms with Crippen LogP contribution in [0, 0.1) is 6.92 Å². The molecule has 1 heterocycles. The molecule has 0 amide bonds. The van der Waals surface area contributed by atoms with Crippen LogP contribution in [0.1, 0.15) is 5.56 Å². The minimum atomic E-state index is 0.575. The summed E-state index contributed by atoms with van der Waals surface area (Å²) in [6.45, 7) is 2.04. The summed E-state index contributed by atoms with van der Waals surface area (Å²) >= 11 is 3.30. The third-order valence-corrected chi connectivity index (χ3v) is 2.42. The Morgan fingerprint density at radius 3 is 2.47 bits per heavy atom. The second kappa shape index (κ2) is 4.06. The van der Waals surface area contributed by atoms with Crippen molar-refractivity contribution in [3.05, 3.63) is 40.6 Å². The Labute approximate surface area is 96.8 Å². The minimum Gasteiger partial charge on any atom is -0.426 e. The average molecular weight is 267 g/mol. The summed E-state index contributed by atoms with van der Waals surface area (Å²) in [7, 11) is 1.89. The van der Waals surface area contributed by atoms with Crippen molar-refractivity contribution >= 4 is 15.9 Å². The van der Waals surface area contributed by atoms with Crippen molar-refractivity contribution in [2.24, 2.45) is 7.05 Å². The van der Waals surface area contributed by atoms with Gasteiger partial charge >= 0.3 is 6.01 Å². The quantitative estimate of drug-likeness (QED) is 0.834. The maximum atomic E-state index is 5.61. The zero-order valence-electron chi connectivity index (χ0n) is 8.57. The van der Waals surface area contributed by atoms with E-state index in [-0.39, 0.29) is 0 Å². The number of imidazole rings is 1. The van der Waals surface area contributed by atoms with Crippen LogP contribution >= 0.6 is 15.9 Å². The summed E-state index contributed by atoms with van der Waals surface area (Å²) in [5.41, 5.74) is 1.21. The highest BCUT2D eigenvalue weighted by atomic mass is 79.9. The van der Waals surface area contributed by atoms with Gasteiger partial charge in [-0.2, -0.15) is 4.98 Å². The SMILES string of the molecule is Cc1ccc(Oc2nc(Br)cn2C)cc1. The predicted molar refractivity (Wildman–Crippen MR) is 62.2 cm³/mol. The van der Waals surface area contributed by atoms with Crippen LogP contribution in [0.2, 0.25) is 0 Å². The molecule has 4 heteroatoms. The molecule has 0 aliphatic heterocycles. The Morgan fingerprint density at radius 1 is 1.27 bits per heavy atom. The largest absolute Gasteiger partial charge is 0.426 e. The van der Waals surface area contributed by atoms with E-state index in [1.165, 1.54) is 5.56 Å². The van der Waals surface area contributed by atoms with Crippen LogP contribution in [0.5, 0.6) is 11.8 Å². The molecule has 3 nitrogen and oxygen atoms in total. The van der Waals surface area contributed by atoms with Gasteiger partial charge in [0.1, 0.15) is 10.4 Å². The first-order valence-electron chi connectivity index (χ1n) is 4.58. The van der Waals surface area contributed by atoms with E-state index in [2.05, 4.69) is 20.9 Å². The standard InChI is InChI=1S/C11H11BrN2O/c1-8-3-5-9(6-4-8)15-11-13-10(12)7-14(11)2/h3-7H,1-2H3. The van der Waals surface area contributed by atoms with E-state index in [1.54, 1.807) is 0 Å². The smallest absolute Gasteiger partial charge is 0.302 e. The summed E-state index contributed by atoms with van der Waals surface area (Å²) in [4.78, 5) is 4.19. The van der Waals surface area contributed by atoms with Gasteiger partial charge in [0.05, 0.1) is 0 Å². The topological polar surface area (TPSA) is 27.1 Å². The van der Waals surface area contributed by atoms with E-state index in [0.717, 1.165) is 10.4 Å². The van der Waals surface area contributed by atoms with Crippen LogP contribution in [0.3, 0.4) is 0 Å². The molecule has 0 saturated carbocycles. The first kappa shape index (κ1) is 10.2. The fraction of sp³-hybridized carbons (Fsp3) is 0.182. The fourth-order valence-corrected chi connectivity index (χ4v) is 1.68. The monoisotopic (exact) mass is 266 g/mol. The molecule has 0 atom stereocenters. The highest BCUT2D eigenvalue weighted by molar-refractivity contribution is 9.10. The number of rotatable bonds is 2. The Morgan fingerprint density at radius 2 is 1.93 bits per heavy atom. The van der Waals surface area contributed by atoms with Crippen molar-refractivity contribution in [3.63, 3.8) is 0 Å². The molecular weight excluding hydrogens is 256 g/mol. The maximum Gasteiger partial charge on any atom is 0.302 e. The normalized spacial score (nSPS) is 10.3. The molecule has 2 aromatic rings. The predicted octanol–water partition coefficient (Wildman–Crippen LogP) is 3.28. The summed E-state index contributed by atoms with van der Waals surface area (Å²) in [6, 6.07) is 8.45. The van der Waals surface area contributed by atoms with Crippen molar-refractivity contribution in [2.75, 3.05) is 0 Å². The molecule has 15 heavy (non-hydrogen) atoms. The van der Waals surface area contributed by atoms with Gasteiger partial charge in [-0.05, 0) is 35.0 Å². The van der Waals surface area contributed by atoms with Gasteiger partial charge < -0.3 is 9.30 Å². The second-order valence-corrected chi connectivity index (χ2v) is 4.18. The molecule has 0 bridgehead atoms. The molecule has 0 N–H and O–H groups in total. The molecule has 1 aromatic heterocycles. The number of aryl methyl sites for hydroxylation is 2. The van der Waals surface area contributed by atoms with Gasteiger partial charge in [-0.25, -0.2) is 0 Å². The number of nitrogens with zero attached hydrogens (tertiary/aromatic N) is 2. The number of aromatic nitrogens is 2. The van der Waals surface area contributed by atoms with Crippen molar-refractivity contribution in [1.29, 1.82) is 0 Å². The molecule has 0 aliphatic carbocycles. The van der Waals surface area contributed by atoms with Gasteiger partial charge in [0.25, 0.3) is 0 Å². The first-order chi connectivity index (χ1) is 7.15. The van der Waals surface area contributed by atoms with Crippen molar-refractivity contribution in [2.45, 2.75) is 6.92 Å².